The van der Waals surface area contributed by atoms with Crippen molar-refractivity contribution in [1.29, 1.82) is 0 Å². The first-order chi connectivity index (χ1) is 8.36. The highest BCUT2D eigenvalue weighted by Gasteiger charge is 2.39. The molecule has 0 aliphatic carbocycles. The van der Waals surface area contributed by atoms with Crippen molar-refractivity contribution in [3.8, 4) is 0 Å². The number of pyridine rings is 1. The molecule has 0 aliphatic heterocycles. The van der Waals surface area contributed by atoms with Crippen LogP contribution in [0.2, 0.25) is 0 Å². The van der Waals surface area contributed by atoms with E-state index in [0.717, 1.165) is 12.6 Å². The molecule has 1 N–H and O–H groups in total. The summed E-state index contributed by atoms with van der Waals surface area (Å²) in [5, 5.41) is 9.95. The van der Waals surface area contributed by atoms with E-state index < -0.39 is 12.3 Å². The number of aromatic nitrogens is 1. The second kappa shape index (κ2) is 5.82. The maximum absolute atomic E-state index is 12.4. The summed E-state index contributed by atoms with van der Waals surface area (Å²) in [7, 11) is 0. The van der Waals surface area contributed by atoms with Gasteiger partial charge < -0.3 is 5.11 Å². The minimum Gasteiger partial charge on any atom is -0.379 e. The Morgan fingerprint density at radius 1 is 1.50 bits per heavy atom. The van der Waals surface area contributed by atoms with Gasteiger partial charge in [0.15, 0.2) is 6.10 Å². The summed E-state index contributed by atoms with van der Waals surface area (Å²) < 4.78 is 37.1. The Hall–Kier alpha value is -1.62. The van der Waals surface area contributed by atoms with Gasteiger partial charge in [-0.05, 0) is 17.7 Å². The van der Waals surface area contributed by atoms with Crippen LogP contribution >= 0.6 is 0 Å². The van der Waals surface area contributed by atoms with Gasteiger partial charge in [0.25, 0.3) is 0 Å². The van der Waals surface area contributed by atoms with Crippen LogP contribution in [0.4, 0.5) is 13.2 Å². The average Bonchev–Trinajstić information content (AvgIpc) is 2.30. The van der Waals surface area contributed by atoms with Crippen LogP contribution < -0.4 is 10.6 Å². The molecule has 0 amide bonds. The van der Waals surface area contributed by atoms with Crippen LogP contribution in [0, 0.1) is 0 Å². The van der Waals surface area contributed by atoms with Crippen molar-refractivity contribution in [3.63, 3.8) is 0 Å². The fourth-order valence-electron chi connectivity index (χ4n) is 1.32. The smallest absolute Gasteiger partial charge is 0.379 e. The van der Waals surface area contributed by atoms with Crippen LogP contribution in [-0.2, 0) is 0 Å². The van der Waals surface area contributed by atoms with Gasteiger partial charge in [-0.3, -0.25) is 4.98 Å². The Morgan fingerprint density at radius 3 is 2.72 bits per heavy atom. The van der Waals surface area contributed by atoms with E-state index in [-0.39, 0.29) is 5.56 Å². The predicted molar refractivity (Wildman–Crippen MR) is 63.9 cm³/mol. The number of nitrogens with zero attached hydrogens (tertiary/aromatic N) is 1. The lowest BCUT2D eigenvalue weighted by atomic mass is 10.1. The third-order valence-corrected chi connectivity index (χ3v) is 2.30. The van der Waals surface area contributed by atoms with Gasteiger partial charge in [-0.1, -0.05) is 31.7 Å². The fraction of sp³-hybridized carbons (Fsp3) is 0.308. The monoisotopic (exact) mass is 257 g/mol. The van der Waals surface area contributed by atoms with Crippen LogP contribution in [0.15, 0.2) is 24.4 Å². The SMILES string of the molecule is C=c1ncc(C(O)C(F)(F)F)c/c1=C/C=C\CC. The molecule has 0 saturated heterocycles. The summed E-state index contributed by atoms with van der Waals surface area (Å²) in [5.41, 5.74) is -0.286. The molecule has 1 heterocycles. The maximum atomic E-state index is 12.4. The predicted octanol–water partition coefficient (Wildman–Crippen LogP) is 1.83. The Bertz CT molecular complexity index is 534. The molecule has 0 radical (unpaired) electrons. The molecule has 98 valence electrons. The summed E-state index contributed by atoms with van der Waals surface area (Å²) in [5.74, 6) is 0. The van der Waals surface area contributed by atoms with E-state index in [2.05, 4.69) is 11.6 Å². The lowest BCUT2D eigenvalue weighted by Crippen LogP contribution is -2.29. The quantitative estimate of drug-likeness (QED) is 0.896. The van der Waals surface area contributed by atoms with Crippen LogP contribution in [0.5, 0.6) is 0 Å². The molecule has 1 aromatic rings. The second-order valence-electron chi connectivity index (χ2n) is 3.75. The molecule has 0 bridgehead atoms. The van der Waals surface area contributed by atoms with Crippen molar-refractivity contribution >= 4 is 12.7 Å². The molecule has 0 fully saturated rings. The average molecular weight is 257 g/mol. The van der Waals surface area contributed by atoms with E-state index in [4.69, 9.17) is 5.11 Å². The molecule has 5 heteroatoms. The largest absolute Gasteiger partial charge is 0.418 e. The van der Waals surface area contributed by atoms with Crippen molar-refractivity contribution in [3.05, 3.63) is 40.5 Å². The minimum absolute atomic E-state index is 0.286. The number of aliphatic hydroxyl groups is 1. The molecule has 0 aliphatic rings. The molecule has 1 rings (SSSR count). The summed E-state index contributed by atoms with van der Waals surface area (Å²) in [6.07, 6.45) is -0.218. The summed E-state index contributed by atoms with van der Waals surface area (Å²) in [4.78, 5) is 3.76. The number of allylic oxidation sites excluding steroid dienone is 2. The fourth-order valence-corrected chi connectivity index (χ4v) is 1.32. The summed E-state index contributed by atoms with van der Waals surface area (Å²) >= 11 is 0. The number of halogens is 3. The van der Waals surface area contributed by atoms with Crippen LogP contribution in [-0.4, -0.2) is 16.3 Å². The topological polar surface area (TPSA) is 33.1 Å². The van der Waals surface area contributed by atoms with E-state index in [1.807, 2.05) is 13.0 Å². The molecule has 1 unspecified atom stereocenters. The zero-order valence-electron chi connectivity index (χ0n) is 9.91. The number of aliphatic hydroxyl groups excluding tert-OH is 1. The molecule has 0 aromatic carbocycles. The molecule has 1 atom stereocenters. The van der Waals surface area contributed by atoms with Crippen molar-refractivity contribution in [2.75, 3.05) is 0 Å². The van der Waals surface area contributed by atoms with Gasteiger partial charge in [0, 0.05) is 11.8 Å². The standard InChI is InChI=1S/C13H14F3NO/c1-3-4-5-6-10-7-11(8-17-9(10)2)12(18)13(14,15)16/h4-8,12,18H,2-3H2,1H3/b5-4-,10-6-. The number of rotatable bonds is 3. The Labute approximate surface area is 103 Å². The van der Waals surface area contributed by atoms with Crippen LogP contribution in [0.1, 0.15) is 25.0 Å². The Kier molecular flexibility index (Phi) is 4.67. The minimum atomic E-state index is -4.69. The highest BCUT2D eigenvalue weighted by Crippen LogP contribution is 2.31. The van der Waals surface area contributed by atoms with Crippen molar-refractivity contribution in [2.24, 2.45) is 0 Å². The molecule has 18 heavy (non-hydrogen) atoms. The molecule has 2 nitrogen and oxygen atoms in total. The third-order valence-electron chi connectivity index (χ3n) is 2.30. The summed E-state index contributed by atoms with van der Waals surface area (Å²) in [6, 6.07) is 1.24. The number of hydrogen-bond donors (Lipinski definition) is 1. The first-order valence-corrected chi connectivity index (χ1v) is 5.42. The summed E-state index contributed by atoms with van der Waals surface area (Å²) in [6.45, 7) is 5.56. The van der Waals surface area contributed by atoms with Gasteiger partial charge in [0.2, 0.25) is 0 Å². The molecule has 0 spiro atoms. The highest BCUT2D eigenvalue weighted by atomic mass is 19.4. The van der Waals surface area contributed by atoms with Gasteiger partial charge in [0.1, 0.15) is 0 Å². The normalized spacial score (nSPS) is 15.3. The number of hydrogen-bond acceptors (Lipinski definition) is 2. The van der Waals surface area contributed by atoms with E-state index in [1.54, 1.807) is 12.2 Å². The second-order valence-corrected chi connectivity index (χ2v) is 3.75. The van der Waals surface area contributed by atoms with Gasteiger partial charge in [-0.2, -0.15) is 13.2 Å². The molecule has 1 aromatic heterocycles. The van der Waals surface area contributed by atoms with Crippen LogP contribution in [0.25, 0.3) is 12.7 Å². The van der Waals surface area contributed by atoms with Crippen molar-refractivity contribution in [2.45, 2.75) is 25.6 Å². The molecular weight excluding hydrogens is 243 g/mol. The first kappa shape index (κ1) is 14.4. The van der Waals surface area contributed by atoms with Crippen molar-refractivity contribution in [1.82, 2.24) is 4.98 Å². The van der Waals surface area contributed by atoms with Gasteiger partial charge in [0.05, 0.1) is 5.35 Å². The Morgan fingerprint density at radius 2 is 2.17 bits per heavy atom. The van der Waals surface area contributed by atoms with Crippen molar-refractivity contribution < 1.29 is 18.3 Å². The van der Waals surface area contributed by atoms with E-state index in [9.17, 15) is 13.2 Å². The van der Waals surface area contributed by atoms with Gasteiger partial charge in [-0.15, -0.1) is 0 Å². The van der Waals surface area contributed by atoms with Gasteiger partial charge >= 0.3 is 6.18 Å². The lowest BCUT2D eigenvalue weighted by Gasteiger charge is -2.14. The van der Waals surface area contributed by atoms with E-state index >= 15 is 0 Å². The van der Waals surface area contributed by atoms with Gasteiger partial charge in [-0.25, -0.2) is 0 Å². The lowest BCUT2D eigenvalue weighted by molar-refractivity contribution is -0.206. The van der Waals surface area contributed by atoms with Crippen LogP contribution in [0.3, 0.4) is 0 Å². The zero-order chi connectivity index (χ0) is 13.8. The van der Waals surface area contributed by atoms with E-state index in [0.29, 0.717) is 10.6 Å². The highest BCUT2D eigenvalue weighted by molar-refractivity contribution is 5.37. The maximum Gasteiger partial charge on any atom is 0.418 e. The zero-order valence-corrected chi connectivity index (χ0v) is 9.91. The Balaban J connectivity index is 3.20. The number of alkyl halides is 3. The first-order valence-electron chi connectivity index (χ1n) is 5.42. The van der Waals surface area contributed by atoms with E-state index in [1.165, 1.54) is 6.07 Å². The molecular formula is C13H14F3NO. The third kappa shape index (κ3) is 3.70. The molecule has 0 saturated carbocycles.